The molecular formula is C13H17F3N2O. The first-order chi connectivity index (χ1) is 8.82. The maximum Gasteiger partial charge on any atom is 0.394 e. The maximum absolute atomic E-state index is 12.4. The third kappa shape index (κ3) is 2.83. The molecule has 1 fully saturated rings. The molecule has 106 valence electrons. The van der Waals surface area contributed by atoms with Gasteiger partial charge in [0.15, 0.2) is 0 Å². The van der Waals surface area contributed by atoms with Crippen LogP contribution in [0.3, 0.4) is 0 Å². The summed E-state index contributed by atoms with van der Waals surface area (Å²) in [6.07, 6.45) is -2.38. The van der Waals surface area contributed by atoms with Crippen molar-refractivity contribution < 1.29 is 17.9 Å². The van der Waals surface area contributed by atoms with E-state index in [4.69, 9.17) is 4.74 Å². The molecule has 6 heteroatoms. The van der Waals surface area contributed by atoms with Crippen molar-refractivity contribution in [3.05, 3.63) is 23.0 Å². The lowest BCUT2D eigenvalue weighted by Crippen LogP contribution is -2.52. The number of aromatic nitrogens is 1. The van der Waals surface area contributed by atoms with Gasteiger partial charge in [0.05, 0.1) is 18.7 Å². The van der Waals surface area contributed by atoms with Crippen LogP contribution >= 0.6 is 0 Å². The van der Waals surface area contributed by atoms with Crippen molar-refractivity contribution in [1.29, 1.82) is 0 Å². The number of nitrogens with zero attached hydrogens (tertiary/aromatic N) is 2. The van der Waals surface area contributed by atoms with Crippen LogP contribution in [-0.4, -0.2) is 36.3 Å². The molecular weight excluding hydrogens is 257 g/mol. The minimum absolute atomic E-state index is 0.0564. The minimum Gasteiger partial charge on any atom is -0.496 e. The molecule has 0 spiro atoms. The molecule has 0 aromatic carbocycles. The Morgan fingerprint density at radius 3 is 2.53 bits per heavy atom. The van der Waals surface area contributed by atoms with E-state index in [0.29, 0.717) is 6.54 Å². The van der Waals surface area contributed by atoms with Gasteiger partial charge in [0.1, 0.15) is 5.75 Å². The van der Waals surface area contributed by atoms with Crippen LogP contribution in [0.4, 0.5) is 13.2 Å². The fraction of sp³-hybridized carbons (Fsp3) is 0.615. The predicted molar refractivity (Wildman–Crippen MR) is 65.1 cm³/mol. The molecule has 1 aliphatic rings. The fourth-order valence-electron chi connectivity index (χ4n) is 2.35. The maximum atomic E-state index is 12.4. The third-order valence-corrected chi connectivity index (χ3v) is 3.54. The van der Waals surface area contributed by atoms with Gasteiger partial charge in [-0.25, -0.2) is 0 Å². The predicted octanol–water partition coefficient (Wildman–Crippen LogP) is 2.70. The summed E-state index contributed by atoms with van der Waals surface area (Å²) in [5, 5.41) is 0. The zero-order chi connectivity index (χ0) is 14.2. The van der Waals surface area contributed by atoms with E-state index in [9.17, 15) is 13.2 Å². The second-order valence-electron chi connectivity index (χ2n) is 4.98. The van der Waals surface area contributed by atoms with Gasteiger partial charge >= 0.3 is 6.18 Å². The van der Waals surface area contributed by atoms with Crippen LogP contribution in [0.5, 0.6) is 5.75 Å². The fourth-order valence-corrected chi connectivity index (χ4v) is 2.35. The van der Waals surface area contributed by atoms with Gasteiger partial charge in [-0.05, 0) is 13.8 Å². The third-order valence-electron chi connectivity index (χ3n) is 3.54. The lowest BCUT2D eigenvalue weighted by atomic mass is 9.99. The zero-order valence-electron chi connectivity index (χ0n) is 11.2. The number of hydrogen-bond donors (Lipinski definition) is 0. The molecule has 1 aromatic heterocycles. The highest BCUT2D eigenvalue weighted by Gasteiger charge is 2.47. The number of hydrogen-bond acceptors (Lipinski definition) is 3. The van der Waals surface area contributed by atoms with Crippen LogP contribution in [0, 0.1) is 19.8 Å². The van der Waals surface area contributed by atoms with Crippen molar-refractivity contribution in [3.8, 4) is 5.75 Å². The van der Waals surface area contributed by atoms with Crippen molar-refractivity contribution in [2.45, 2.75) is 26.6 Å². The number of halogens is 3. The summed E-state index contributed by atoms with van der Waals surface area (Å²) in [5.74, 6) is -0.432. The summed E-state index contributed by atoms with van der Waals surface area (Å²) in [6, 6.07) is 0. The molecule has 0 bridgehead atoms. The van der Waals surface area contributed by atoms with E-state index in [0.717, 1.165) is 22.6 Å². The summed E-state index contributed by atoms with van der Waals surface area (Å²) in [5.41, 5.74) is 2.61. The Balaban J connectivity index is 2.03. The van der Waals surface area contributed by atoms with Crippen molar-refractivity contribution in [2.75, 3.05) is 20.2 Å². The van der Waals surface area contributed by atoms with Gasteiger partial charge in [-0.3, -0.25) is 9.88 Å². The van der Waals surface area contributed by atoms with Gasteiger partial charge < -0.3 is 4.74 Å². The Hall–Kier alpha value is -1.30. The standard InChI is InChI=1S/C13H17F3N2O/c1-8-4-17-11(9(2)12(8)19-3)7-18-5-10(6-18)13(14,15)16/h4,10H,5-7H2,1-3H3. The second kappa shape index (κ2) is 5.00. The van der Waals surface area contributed by atoms with Crippen LogP contribution < -0.4 is 4.74 Å². The van der Waals surface area contributed by atoms with Crippen molar-refractivity contribution >= 4 is 0 Å². The summed E-state index contributed by atoms with van der Waals surface area (Å²) >= 11 is 0. The Kier molecular flexibility index (Phi) is 3.71. The van der Waals surface area contributed by atoms with Crippen LogP contribution in [0.2, 0.25) is 0 Å². The van der Waals surface area contributed by atoms with E-state index >= 15 is 0 Å². The topological polar surface area (TPSA) is 25.4 Å². The van der Waals surface area contributed by atoms with E-state index in [1.54, 1.807) is 18.2 Å². The number of rotatable bonds is 3. The number of alkyl halides is 3. The van der Waals surface area contributed by atoms with Crippen molar-refractivity contribution in [2.24, 2.45) is 5.92 Å². The highest BCUT2D eigenvalue weighted by Crippen LogP contribution is 2.34. The SMILES string of the molecule is COc1c(C)cnc(CN2CC(C(F)(F)F)C2)c1C. The van der Waals surface area contributed by atoms with Crippen molar-refractivity contribution in [3.63, 3.8) is 0 Å². The van der Waals surface area contributed by atoms with Gasteiger partial charge in [0, 0.05) is 37.0 Å². The molecule has 0 atom stereocenters. The Labute approximate surface area is 110 Å². The minimum atomic E-state index is -4.08. The first kappa shape index (κ1) is 14.1. The normalized spacial score (nSPS) is 17.4. The molecule has 0 radical (unpaired) electrons. The Bertz CT molecular complexity index is 468. The zero-order valence-corrected chi connectivity index (χ0v) is 11.2. The molecule has 19 heavy (non-hydrogen) atoms. The lowest BCUT2D eigenvalue weighted by molar-refractivity contribution is -0.210. The quantitative estimate of drug-likeness (QED) is 0.847. The highest BCUT2D eigenvalue weighted by atomic mass is 19.4. The van der Waals surface area contributed by atoms with E-state index in [2.05, 4.69) is 4.98 Å². The molecule has 0 aliphatic carbocycles. The summed E-state index contributed by atoms with van der Waals surface area (Å²) < 4.78 is 42.5. The number of aryl methyl sites for hydroxylation is 1. The van der Waals surface area contributed by atoms with Gasteiger partial charge in [-0.1, -0.05) is 0 Å². The Morgan fingerprint density at radius 1 is 1.37 bits per heavy atom. The van der Waals surface area contributed by atoms with E-state index < -0.39 is 12.1 Å². The molecule has 1 aliphatic heterocycles. The Morgan fingerprint density at radius 2 is 2.00 bits per heavy atom. The molecule has 2 rings (SSSR count). The largest absolute Gasteiger partial charge is 0.496 e. The molecule has 1 saturated heterocycles. The number of pyridine rings is 1. The van der Waals surface area contributed by atoms with Crippen LogP contribution in [-0.2, 0) is 6.54 Å². The van der Waals surface area contributed by atoms with Gasteiger partial charge in [-0.15, -0.1) is 0 Å². The average molecular weight is 274 g/mol. The lowest BCUT2D eigenvalue weighted by Gasteiger charge is -2.40. The molecule has 0 saturated carbocycles. The van der Waals surface area contributed by atoms with E-state index in [1.807, 2.05) is 13.8 Å². The van der Waals surface area contributed by atoms with E-state index in [1.165, 1.54) is 0 Å². The molecule has 1 aromatic rings. The molecule has 0 N–H and O–H groups in total. The van der Waals surface area contributed by atoms with Gasteiger partial charge in [-0.2, -0.15) is 13.2 Å². The van der Waals surface area contributed by atoms with E-state index in [-0.39, 0.29) is 13.1 Å². The van der Waals surface area contributed by atoms with Crippen LogP contribution in [0.25, 0.3) is 0 Å². The first-order valence-electron chi connectivity index (χ1n) is 6.11. The van der Waals surface area contributed by atoms with Crippen LogP contribution in [0.1, 0.15) is 16.8 Å². The summed E-state index contributed by atoms with van der Waals surface area (Å²) in [7, 11) is 1.59. The second-order valence-corrected chi connectivity index (χ2v) is 4.98. The number of methoxy groups -OCH3 is 1. The monoisotopic (exact) mass is 274 g/mol. The summed E-state index contributed by atoms with van der Waals surface area (Å²) in [4.78, 5) is 6.04. The first-order valence-corrected chi connectivity index (χ1v) is 6.11. The number of ether oxygens (including phenoxy) is 1. The average Bonchev–Trinajstić information content (AvgIpc) is 2.24. The number of likely N-dealkylation sites (tertiary alicyclic amines) is 1. The van der Waals surface area contributed by atoms with Gasteiger partial charge in [0.2, 0.25) is 0 Å². The summed E-state index contributed by atoms with van der Waals surface area (Å²) in [6.45, 7) is 4.33. The molecule has 0 amide bonds. The molecule has 3 nitrogen and oxygen atoms in total. The van der Waals surface area contributed by atoms with Gasteiger partial charge in [0.25, 0.3) is 0 Å². The highest BCUT2D eigenvalue weighted by molar-refractivity contribution is 5.41. The smallest absolute Gasteiger partial charge is 0.394 e. The molecule has 2 heterocycles. The van der Waals surface area contributed by atoms with Crippen LogP contribution in [0.15, 0.2) is 6.20 Å². The van der Waals surface area contributed by atoms with Crippen molar-refractivity contribution in [1.82, 2.24) is 9.88 Å². The molecule has 0 unspecified atom stereocenters.